The Kier molecular flexibility index (Phi) is 5.00. The number of rotatable bonds is 4. The van der Waals surface area contributed by atoms with E-state index in [2.05, 4.69) is 22.0 Å². The van der Waals surface area contributed by atoms with Crippen LogP contribution in [0.4, 0.5) is 0 Å². The number of fused-ring (bicyclic) bond motifs is 2. The predicted molar refractivity (Wildman–Crippen MR) is 113 cm³/mol. The first-order valence-corrected chi connectivity index (χ1v) is 12.3. The average molecular weight is 415 g/mol. The molecule has 0 saturated carbocycles. The zero-order valence-electron chi connectivity index (χ0n) is 17.0. The lowest BCUT2D eigenvalue weighted by Crippen LogP contribution is -2.53. The Morgan fingerprint density at radius 3 is 2.28 bits per heavy atom. The van der Waals surface area contributed by atoms with E-state index in [0.29, 0.717) is 11.7 Å². The van der Waals surface area contributed by atoms with Crippen molar-refractivity contribution in [1.82, 2.24) is 19.4 Å². The molecule has 1 aromatic carbocycles. The number of hydrogen-bond donors (Lipinski definition) is 1. The van der Waals surface area contributed by atoms with Crippen LogP contribution in [-0.4, -0.2) is 59.0 Å². The molecule has 3 aliphatic rings. The van der Waals surface area contributed by atoms with Crippen molar-refractivity contribution >= 4 is 10.0 Å². The minimum atomic E-state index is -3.55. The molecular formula is C22H30N4O2S. The lowest BCUT2D eigenvalue weighted by atomic mass is 9.93. The van der Waals surface area contributed by atoms with Gasteiger partial charge in [-0.25, -0.2) is 8.42 Å². The summed E-state index contributed by atoms with van der Waals surface area (Å²) < 4.78 is 28.7. The Morgan fingerprint density at radius 1 is 0.966 bits per heavy atom. The molecule has 6 nitrogen and oxygen atoms in total. The molecular weight excluding hydrogens is 384 g/mol. The van der Waals surface area contributed by atoms with Gasteiger partial charge in [-0.15, -0.1) is 0 Å². The van der Waals surface area contributed by atoms with Gasteiger partial charge in [0.05, 0.1) is 5.69 Å². The Hall–Kier alpha value is -1.70. The summed E-state index contributed by atoms with van der Waals surface area (Å²) >= 11 is 0. The molecule has 3 aliphatic heterocycles. The summed E-state index contributed by atoms with van der Waals surface area (Å²) in [7, 11) is -3.55. The van der Waals surface area contributed by atoms with Crippen molar-refractivity contribution in [3.63, 3.8) is 0 Å². The first kappa shape index (κ1) is 19.3. The van der Waals surface area contributed by atoms with Crippen LogP contribution in [0.2, 0.25) is 0 Å². The zero-order chi connectivity index (χ0) is 20.0. The number of piperidine rings is 2. The lowest BCUT2D eigenvalue weighted by molar-refractivity contribution is 0.0758. The normalized spacial score (nSPS) is 29.3. The second-order valence-electron chi connectivity index (χ2n) is 9.05. The molecule has 2 aromatic rings. The van der Waals surface area contributed by atoms with E-state index in [4.69, 9.17) is 0 Å². The van der Waals surface area contributed by atoms with Gasteiger partial charge < -0.3 is 4.90 Å². The molecule has 7 heteroatoms. The van der Waals surface area contributed by atoms with Crippen LogP contribution in [-0.2, 0) is 10.0 Å². The minimum Gasteiger partial charge on any atom is -0.300 e. The van der Waals surface area contributed by atoms with E-state index in [-0.39, 0.29) is 17.1 Å². The summed E-state index contributed by atoms with van der Waals surface area (Å²) in [6, 6.07) is 12.2. The number of nitrogens with zero attached hydrogens (tertiary/aromatic N) is 3. The highest BCUT2D eigenvalue weighted by atomic mass is 32.2. The third-order valence-corrected chi connectivity index (χ3v) is 9.07. The largest absolute Gasteiger partial charge is 0.300 e. The van der Waals surface area contributed by atoms with E-state index in [1.807, 2.05) is 30.3 Å². The molecule has 1 aromatic heterocycles. The number of benzene rings is 1. The van der Waals surface area contributed by atoms with Crippen molar-refractivity contribution in [3.8, 4) is 11.3 Å². The summed E-state index contributed by atoms with van der Waals surface area (Å²) in [5.41, 5.74) is 1.60. The van der Waals surface area contributed by atoms with E-state index in [9.17, 15) is 8.42 Å². The fourth-order valence-electron chi connectivity index (χ4n) is 5.50. The highest BCUT2D eigenvalue weighted by Crippen LogP contribution is 2.41. The van der Waals surface area contributed by atoms with Gasteiger partial charge in [-0.3, -0.25) is 5.10 Å². The van der Waals surface area contributed by atoms with Gasteiger partial charge in [0.15, 0.2) is 5.03 Å². The van der Waals surface area contributed by atoms with Gasteiger partial charge in [0.25, 0.3) is 10.0 Å². The molecule has 2 bridgehead atoms. The average Bonchev–Trinajstić information content (AvgIpc) is 3.33. The van der Waals surface area contributed by atoms with E-state index in [0.717, 1.165) is 37.2 Å². The summed E-state index contributed by atoms with van der Waals surface area (Å²) in [5, 5.41) is 7.30. The summed E-state index contributed by atoms with van der Waals surface area (Å²) in [5.74, 6) is 0.822. The second-order valence-corrected chi connectivity index (χ2v) is 10.9. The van der Waals surface area contributed by atoms with Crippen LogP contribution in [0.3, 0.4) is 0 Å². The molecule has 156 valence electrons. The number of H-pyrrole nitrogens is 1. The predicted octanol–water partition coefficient (Wildman–Crippen LogP) is 3.49. The molecule has 1 N–H and O–H groups in total. The Bertz CT molecular complexity index is 936. The Morgan fingerprint density at radius 2 is 1.62 bits per heavy atom. The van der Waals surface area contributed by atoms with Gasteiger partial charge in [0, 0.05) is 29.8 Å². The third-order valence-electron chi connectivity index (χ3n) is 7.16. The van der Waals surface area contributed by atoms with E-state index in [1.54, 1.807) is 10.4 Å². The lowest BCUT2D eigenvalue weighted by Gasteiger charge is -2.44. The van der Waals surface area contributed by atoms with E-state index in [1.165, 1.54) is 25.9 Å². The topological polar surface area (TPSA) is 69.3 Å². The number of nitrogens with one attached hydrogen (secondary N) is 1. The van der Waals surface area contributed by atoms with Crippen LogP contribution in [0, 0.1) is 5.92 Å². The number of sulfonamides is 1. The van der Waals surface area contributed by atoms with E-state index < -0.39 is 10.0 Å². The first-order chi connectivity index (χ1) is 14.0. The number of likely N-dealkylation sites (tertiary alicyclic amines) is 1. The fourth-order valence-corrected chi connectivity index (χ4v) is 7.31. The molecule has 2 unspecified atom stereocenters. The number of aromatic nitrogens is 2. The monoisotopic (exact) mass is 414 g/mol. The van der Waals surface area contributed by atoms with Gasteiger partial charge in [-0.1, -0.05) is 37.3 Å². The highest BCUT2D eigenvalue weighted by Gasteiger charge is 2.48. The maximum absolute atomic E-state index is 13.5. The first-order valence-electron chi connectivity index (χ1n) is 10.9. The number of hydrogen-bond acceptors (Lipinski definition) is 4. The van der Waals surface area contributed by atoms with Crippen molar-refractivity contribution in [2.75, 3.05) is 13.1 Å². The maximum atomic E-state index is 13.5. The summed E-state index contributed by atoms with van der Waals surface area (Å²) in [6.45, 7) is 4.67. The fraction of sp³-hybridized carbons (Fsp3) is 0.591. The summed E-state index contributed by atoms with van der Waals surface area (Å²) in [6.07, 6.45) is 6.41. The standard InChI is InChI=1S/C22H30N4O2S/c1-16-9-11-25(12-10-16)20-13-18-7-8-19(14-20)26(18)29(27,28)22-15-21(23-24-22)17-5-3-2-4-6-17/h2-6,15-16,18-20H,7-14H2,1H3,(H,23,24). The molecule has 4 heterocycles. The zero-order valence-corrected chi connectivity index (χ0v) is 17.8. The molecule has 3 saturated heterocycles. The molecule has 5 rings (SSSR count). The van der Waals surface area contributed by atoms with Crippen LogP contribution in [0.25, 0.3) is 11.3 Å². The molecule has 29 heavy (non-hydrogen) atoms. The molecule has 2 atom stereocenters. The molecule has 0 spiro atoms. The van der Waals surface area contributed by atoms with Crippen LogP contribution in [0.5, 0.6) is 0 Å². The molecule has 0 radical (unpaired) electrons. The molecule has 3 fully saturated rings. The SMILES string of the molecule is CC1CCN(C2CC3CCC(C2)N3S(=O)(=O)c2cc(-c3ccccc3)n[nH]2)CC1. The van der Waals surface area contributed by atoms with Crippen molar-refractivity contribution < 1.29 is 8.42 Å². The highest BCUT2D eigenvalue weighted by molar-refractivity contribution is 7.89. The Labute approximate surface area is 173 Å². The van der Waals surface area contributed by atoms with Gasteiger partial charge in [-0.2, -0.15) is 9.40 Å². The second kappa shape index (κ2) is 7.52. The summed E-state index contributed by atoms with van der Waals surface area (Å²) in [4.78, 5) is 2.62. The smallest absolute Gasteiger partial charge is 0.260 e. The van der Waals surface area contributed by atoms with Crippen LogP contribution >= 0.6 is 0 Å². The maximum Gasteiger partial charge on any atom is 0.260 e. The third kappa shape index (κ3) is 3.53. The van der Waals surface area contributed by atoms with Gasteiger partial charge in [-0.05, 0) is 57.5 Å². The van der Waals surface area contributed by atoms with Crippen molar-refractivity contribution in [1.29, 1.82) is 0 Å². The van der Waals surface area contributed by atoms with Crippen LogP contribution < -0.4 is 0 Å². The van der Waals surface area contributed by atoms with Crippen LogP contribution in [0.1, 0.15) is 45.4 Å². The quantitative estimate of drug-likeness (QED) is 0.831. The molecule has 0 aliphatic carbocycles. The molecule has 0 amide bonds. The number of aromatic amines is 1. The minimum absolute atomic E-state index is 0.117. The van der Waals surface area contributed by atoms with E-state index >= 15 is 0 Å². The Balaban J connectivity index is 1.34. The van der Waals surface area contributed by atoms with Crippen molar-refractivity contribution in [2.24, 2.45) is 5.92 Å². The van der Waals surface area contributed by atoms with Crippen molar-refractivity contribution in [2.45, 2.75) is 68.6 Å². The van der Waals surface area contributed by atoms with Gasteiger partial charge in [0.1, 0.15) is 0 Å². The van der Waals surface area contributed by atoms with Gasteiger partial charge >= 0.3 is 0 Å². The van der Waals surface area contributed by atoms with Gasteiger partial charge in [0.2, 0.25) is 0 Å². The van der Waals surface area contributed by atoms with Crippen LogP contribution in [0.15, 0.2) is 41.4 Å². The van der Waals surface area contributed by atoms with Crippen molar-refractivity contribution in [3.05, 3.63) is 36.4 Å².